The summed E-state index contributed by atoms with van der Waals surface area (Å²) in [6.45, 7) is 1.42. The summed E-state index contributed by atoms with van der Waals surface area (Å²) in [5, 5.41) is 7.23. The molecule has 0 radical (unpaired) electrons. The average Bonchev–Trinajstić information content (AvgIpc) is 3.09. The third kappa shape index (κ3) is 4.86. The van der Waals surface area contributed by atoms with Gasteiger partial charge in [0.2, 0.25) is 5.91 Å². The number of rotatable bonds is 7. The topological polar surface area (TPSA) is 106 Å². The Hall–Kier alpha value is -2.98. The Morgan fingerprint density at radius 2 is 1.77 bits per heavy atom. The highest BCUT2D eigenvalue weighted by Gasteiger charge is 2.32. The number of aryl methyl sites for hydroxylation is 1. The van der Waals surface area contributed by atoms with Gasteiger partial charge in [-0.2, -0.15) is 0 Å². The SMILES string of the molecule is O=C(NCCCn1nc2ccccn2c1=O)C(c1ccccc1)N1CCS(=O)(=O)CC1. The van der Waals surface area contributed by atoms with Crippen molar-refractivity contribution >= 4 is 21.4 Å². The first-order chi connectivity index (χ1) is 14.9. The number of nitrogens with one attached hydrogen (secondary N) is 1. The molecule has 3 aromatic rings. The van der Waals surface area contributed by atoms with E-state index in [0.717, 1.165) is 5.56 Å². The van der Waals surface area contributed by atoms with Crippen LogP contribution in [-0.4, -0.2) is 64.5 Å². The first kappa shape index (κ1) is 21.3. The molecular weight excluding hydrogens is 418 g/mol. The highest BCUT2D eigenvalue weighted by Crippen LogP contribution is 2.23. The molecule has 3 heterocycles. The Bertz CT molecular complexity index is 1210. The fourth-order valence-corrected chi connectivity index (χ4v) is 5.03. The summed E-state index contributed by atoms with van der Waals surface area (Å²) in [6, 6.07) is 14.2. The molecule has 1 aromatic carbocycles. The van der Waals surface area contributed by atoms with Crippen molar-refractivity contribution in [3.8, 4) is 0 Å². The van der Waals surface area contributed by atoms with Crippen LogP contribution in [0.5, 0.6) is 0 Å². The van der Waals surface area contributed by atoms with Crippen LogP contribution in [0.25, 0.3) is 5.65 Å². The monoisotopic (exact) mass is 443 g/mol. The standard InChI is InChI=1S/C21H25N5O4S/c27-20(22-10-6-12-26-21(28)25-11-5-4-9-18(25)23-26)19(17-7-2-1-3-8-17)24-13-15-31(29,30)16-14-24/h1-5,7-9,11,19H,6,10,12-16H2,(H,22,27). The number of benzene rings is 1. The maximum atomic E-state index is 13.0. The van der Waals surface area contributed by atoms with Crippen LogP contribution in [-0.2, 0) is 21.2 Å². The van der Waals surface area contributed by atoms with Crippen LogP contribution in [0, 0.1) is 0 Å². The van der Waals surface area contributed by atoms with Crippen molar-refractivity contribution in [2.75, 3.05) is 31.1 Å². The van der Waals surface area contributed by atoms with Crippen molar-refractivity contribution in [2.45, 2.75) is 19.0 Å². The molecular formula is C21H25N5O4S. The largest absolute Gasteiger partial charge is 0.354 e. The van der Waals surface area contributed by atoms with Crippen molar-refractivity contribution in [1.82, 2.24) is 24.4 Å². The lowest BCUT2D eigenvalue weighted by atomic mass is 10.0. The van der Waals surface area contributed by atoms with E-state index >= 15 is 0 Å². The molecule has 0 spiro atoms. The van der Waals surface area contributed by atoms with Gasteiger partial charge >= 0.3 is 5.69 Å². The zero-order valence-electron chi connectivity index (χ0n) is 17.1. The van der Waals surface area contributed by atoms with E-state index < -0.39 is 15.9 Å². The lowest BCUT2D eigenvalue weighted by Gasteiger charge is -2.33. The Balaban J connectivity index is 1.39. The molecule has 0 bridgehead atoms. The molecule has 164 valence electrons. The smallest absolute Gasteiger partial charge is 0.350 e. The number of pyridine rings is 1. The third-order valence-electron chi connectivity index (χ3n) is 5.44. The molecule has 1 fully saturated rings. The van der Waals surface area contributed by atoms with Crippen LogP contribution in [0.2, 0.25) is 0 Å². The number of nitrogens with zero attached hydrogens (tertiary/aromatic N) is 4. The van der Waals surface area contributed by atoms with E-state index in [4.69, 9.17) is 0 Å². The van der Waals surface area contributed by atoms with Gasteiger partial charge in [0.05, 0.1) is 11.5 Å². The van der Waals surface area contributed by atoms with Gasteiger partial charge in [0.1, 0.15) is 6.04 Å². The van der Waals surface area contributed by atoms with Gasteiger partial charge in [-0.05, 0) is 24.1 Å². The number of amides is 1. The number of sulfone groups is 1. The molecule has 1 aliphatic heterocycles. The number of hydrogen-bond acceptors (Lipinski definition) is 6. The summed E-state index contributed by atoms with van der Waals surface area (Å²) in [7, 11) is -3.04. The quantitative estimate of drug-likeness (QED) is 0.533. The van der Waals surface area contributed by atoms with Gasteiger partial charge in [-0.25, -0.2) is 17.9 Å². The number of fused-ring (bicyclic) bond motifs is 1. The Kier molecular flexibility index (Phi) is 6.19. The lowest BCUT2D eigenvalue weighted by molar-refractivity contribution is -0.126. The Labute approximate surface area is 180 Å². The van der Waals surface area contributed by atoms with E-state index in [1.54, 1.807) is 18.3 Å². The normalized spacial score (nSPS) is 17.4. The molecule has 9 nitrogen and oxygen atoms in total. The van der Waals surface area contributed by atoms with Crippen LogP contribution < -0.4 is 11.0 Å². The second-order valence-electron chi connectivity index (χ2n) is 7.58. The second-order valence-corrected chi connectivity index (χ2v) is 9.88. The fourth-order valence-electron chi connectivity index (χ4n) is 3.80. The maximum Gasteiger partial charge on any atom is 0.350 e. The minimum Gasteiger partial charge on any atom is -0.354 e. The molecule has 0 saturated carbocycles. The highest BCUT2D eigenvalue weighted by atomic mass is 32.2. The van der Waals surface area contributed by atoms with Crippen molar-refractivity contribution in [1.29, 1.82) is 0 Å². The van der Waals surface area contributed by atoms with Crippen LogP contribution in [0.1, 0.15) is 18.0 Å². The molecule has 1 unspecified atom stereocenters. The Morgan fingerprint density at radius 3 is 2.48 bits per heavy atom. The summed E-state index contributed by atoms with van der Waals surface area (Å²) in [4.78, 5) is 27.3. The number of hydrogen-bond donors (Lipinski definition) is 1. The molecule has 4 rings (SSSR count). The fraction of sp³-hybridized carbons (Fsp3) is 0.381. The van der Waals surface area contributed by atoms with Crippen molar-refractivity contribution in [3.63, 3.8) is 0 Å². The predicted molar refractivity (Wildman–Crippen MR) is 116 cm³/mol. The molecule has 31 heavy (non-hydrogen) atoms. The molecule has 0 aliphatic carbocycles. The average molecular weight is 444 g/mol. The predicted octanol–water partition coefficient (Wildman–Crippen LogP) is 0.474. The van der Waals surface area contributed by atoms with Gasteiger partial charge in [0.15, 0.2) is 15.5 Å². The molecule has 1 aliphatic rings. The zero-order valence-corrected chi connectivity index (χ0v) is 17.9. The summed E-state index contributed by atoms with van der Waals surface area (Å²) in [6.07, 6.45) is 2.22. The van der Waals surface area contributed by atoms with Crippen molar-refractivity contribution < 1.29 is 13.2 Å². The van der Waals surface area contributed by atoms with Crippen molar-refractivity contribution in [3.05, 3.63) is 70.8 Å². The van der Waals surface area contributed by atoms with E-state index in [0.29, 0.717) is 38.2 Å². The molecule has 1 atom stereocenters. The minimum absolute atomic E-state index is 0.0560. The van der Waals surface area contributed by atoms with Crippen molar-refractivity contribution in [2.24, 2.45) is 0 Å². The van der Waals surface area contributed by atoms with Crippen LogP contribution >= 0.6 is 0 Å². The van der Waals surface area contributed by atoms with E-state index in [-0.39, 0.29) is 23.1 Å². The first-order valence-electron chi connectivity index (χ1n) is 10.3. The maximum absolute atomic E-state index is 13.0. The molecule has 2 aromatic heterocycles. The zero-order chi connectivity index (χ0) is 21.8. The first-order valence-corrected chi connectivity index (χ1v) is 12.1. The summed E-state index contributed by atoms with van der Waals surface area (Å²) in [5.74, 6) is -0.0614. The molecule has 10 heteroatoms. The van der Waals surface area contributed by atoms with E-state index in [1.807, 2.05) is 41.3 Å². The minimum atomic E-state index is -3.04. The summed E-state index contributed by atoms with van der Waals surface area (Å²) in [5.41, 5.74) is 1.20. The van der Waals surface area contributed by atoms with E-state index in [9.17, 15) is 18.0 Å². The second kappa shape index (κ2) is 9.03. The van der Waals surface area contributed by atoms with Crippen LogP contribution in [0.4, 0.5) is 0 Å². The van der Waals surface area contributed by atoms with Crippen LogP contribution in [0.15, 0.2) is 59.5 Å². The summed E-state index contributed by atoms with van der Waals surface area (Å²) >= 11 is 0. The van der Waals surface area contributed by atoms with Gasteiger partial charge in [-0.3, -0.25) is 14.1 Å². The molecule has 1 saturated heterocycles. The summed E-state index contributed by atoms with van der Waals surface area (Å²) < 4.78 is 26.5. The van der Waals surface area contributed by atoms with Gasteiger partial charge in [0.25, 0.3) is 0 Å². The third-order valence-corrected chi connectivity index (χ3v) is 7.05. The van der Waals surface area contributed by atoms with E-state index in [2.05, 4.69) is 10.4 Å². The molecule has 1 amide bonds. The lowest BCUT2D eigenvalue weighted by Crippen LogP contribution is -2.47. The number of carbonyl (C=O) groups is 1. The number of carbonyl (C=O) groups excluding carboxylic acids is 1. The van der Waals surface area contributed by atoms with Gasteiger partial charge < -0.3 is 5.32 Å². The van der Waals surface area contributed by atoms with Gasteiger partial charge in [0, 0.05) is 32.4 Å². The van der Waals surface area contributed by atoms with E-state index in [1.165, 1.54) is 9.08 Å². The molecule has 1 N–H and O–H groups in total. The number of aromatic nitrogens is 3. The van der Waals surface area contributed by atoms with Gasteiger partial charge in [-0.15, -0.1) is 5.10 Å². The van der Waals surface area contributed by atoms with Crippen LogP contribution in [0.3, 0.4) is 0 Å². The van der Waals surface area contributed by atoms with Gasteiger partial charge in [-0.1, -0.05) is 36.4 Å². The highest BCUT2D eigenvalue weighted by molar-refractivity contribution is 7.91. The Morgan fingerprint density at radius 1 is 1.06 bits per heavy atom.